The molecular formula is C17H14N4S. The van der Waals surface area contributed by atoms with Crippen molar-refractivity contribution in [2.75, 3.05) is 0 Å². The van der Waals surface area contributed by atoms with E-state index in [1.807, 2.05) is 11.6 Å². The van der Waals surface area contributed by atoms with Crippen LogP contribution in [0.1, 0.15) is 11.1 Å². The van der Waals surface area contributed by atoms with Crippen LogP contribution in [0.2, 0.25) is 0 Å². The first-order chi connectivity index (χ1) is 10.8. The molecule has 2 heterocycles. The Morgan fingerprint density at radius 3 is 2.59 bits per heavy atom. The molecule has 0 fully saturated rings. The molecular weight excluding hydrogens is 292 g/mol. The molecule has 0 unspecified atom stereocenters. The normalized spacial score (nSPS) is 11.2. The molecule has 2 aromatic carbocycles. The van der Waals surface area contributed by atoms with Crippen LogP contribution in [0.25, 0.3) is 27.3 Å². The van der Waals surface area contributed by atoms with E-state index in [-0.39, 0.29) is 0 Å². The lowest BCUT2D eigenvalue weighted by molar-refractivity contribution is 1.03. The van der Waals surface area contributed by atoms with Gasteiger partial charge in [-0.15, -0.1) is 21.5 Å². The lowest BCUT2D eigenvalue weighted by Gasteiger charge is -2.13. The van der Waals surface area contributed by atoms with E-state index in [1.165, 1.54) is 11.1 Å². The Morgan fingerprint density at radius 2 is 1.77 bits per heavy atom. The monoisotopic (exact) mass is 306 g/mol. The number of aromatic nitrogens is 4. The van der Waals surface area contributed by atoms with Crippen LogP contribution in [0.5, 0.6) is 0 Å². The second-order valence-corrected chi connectivity index (χ2v) is 6.16. The number of hydrogen-bond donors (Lipinski definition) is 0. The van der Waals surface area contributed by atoms with Crippen LogP contribution in [-0.2, 0) is 0 Å². The molecule has 0 atom stereocenters. The zero-order valence-electron chi connectivity index (χ0n) is 12.3. The Kier molecular flexibility index (Phi) is 3.01. The van der Waals surface area contributed by atoms with Gasteiger partial charge in [0.05, 0.1) is 21.4 Å². The molecule has 4 nitrogen and oxygen atoms in total. The van der Waals surface area contributed by atoms with Crippen LogP contribution in [0.4, 0.5) is 0 Å². The van der Waals surface area contributed by atoms with Crippen molar-refractivity contribution in [1.29, 1.82) is 0 Å². The van der Waals surface area contributed by atoms with Crippen molar-refractivity contribution < 1.29 is 0 Å². The van der Waals surface area contributed by atoms with Crippen LogP contribution >= 0.6 is 11.3 Å². The van der Waals surface area contributed by atoms with Crippen molar-refractivity contribution in [3.05, 3.63) is 59.4 Å². The van der Waals surface area contributed by atoms with Gasteiger partial charge in [0.2, 0.25) is 0 Å². The third-order valence-corrected chi connectivity index (χ3v) is 4.62. The summed E-state index contributed by atoms with van der Waals surface area (Å²) in [5, 5.41) is 8.49. The summed E-state index contributed by atoms with van der Waals surface area (Å²) in [5.41, 5.74) is 7.40. The minimum Gasteiger partial charge on any atom is -0.281 e. The molecule has 2 aromatic heterocycles. The predicted octanol–water partition coefficient (Wildman–Crippen LogP) is 4.16. The molecule has 0 N–H and O–H groups in total. The fourth-order valence-electron chi connectivity index (χ4n) is 2.83. The van der Waals surface area contributed by atoms with Gasteiger partial charge in [-0.1, -0.05) is 24.3 Å². The van der Waals surface area contributed by atoms with Crippen LogP contribution in [0, 0.1) is 13.8 Å². The fourth-order valence-corrected chi connectivity index (χ4v) is 3.54. The van der Waals surface area contributed by atoms with E-state index in [0.717, 1.165) is 27.3 Å². The van der Waals surface area contributed by atoms with Gasteiger partial charge >= 0.3 is 0 Å². The first-order valence-corrected chi connectivity index (χ1v) is 7.93. The van der Waals surface area contributed by atoms with Gasteiger partial charge in [-0.2, -0.15) is 0 Å². The van der Waals surface area contributed by atoms with Crippen LogP contribution in [0.15, 0.2) is 48.2 Å². The zero-order chi connectivity index (χ0) is 15.1. The van der Waals surface area contributed by atoms with Crippen molar-refractivity contribution in [1.82, 2.24) is 19.7 Å². The molecule has 108 valence electrons. The molecule has 0 spiro atoms. The van der Waals surface area contributed by atoms with E-state index in [2.05, 4.69) is 63.9 Å². The SMILES string of the molecule is Cc1cccc(C)c1-n1cnnc1-c1cccc2scnc12. The van der Waals surface area contributed by atoms with Gasteiger partial charge in [0.25, 0.3) is 0 Å². The Bertz CT molecular complexity index is 947. The van der Waals surface area contributed by atoms with Crippen molar-refractivity contribution in [2.45, 2.75) is 13.8 Å². The Balaban J connectivity index is 2.00. The zero-order valence-corrected chi connectivity index (χ0v) is 13.1. The number of fused-ring (bicyclic) bond motifs is 1. The van der Waals surface area contributed by atoms with Crippen LogP contribution < -0.4 is 0 Å². The molecule has 0 radical (unpaired) electrons. The maximum Gasteiger partial charge on any atom is 0.170 e. The molecule has 22 heavy (non-hydrogen) atoms. The summed E-state index contributed by atoms with van der Waals surface area (Å²) in [7, 11) is 0. The average molecular weight is 306 g/mol. The lowest BCUT2D eigenvalue weighted by atomic mass is 10.1. The minimum atomic E-state index is 0.828. The summed E-state index contributed by atoms with van der Waals surface area (Å²) in [4.78, 5) is 4.49. The van der Waals surface area contributed by atoms with Crippen molar-refractivity contribution in [3.8, 4) is 17.1 Å². The summed E-state index contributed by atoms with van der Waals surface area (Å²) < 4.78 is 3.22. The molecule has 0 bridgehead atoms. The van der Waals surface area contributed by atoms with Crippen molar-refractivity contribution >= 4 is 21.6 Å². The van der Waals surface area contributed by atoms with Crippen LogP contribution in [0.3, 0.4) is 0 Å². The molecule has 0 amide bonds. The highest BCUT2D eigenvalue weighted by Gasteiger charge is 2.15. The van der Waals surface area contributed by atoms with Gasteiger partial charge < -0.3 is 0 Å². The standard InChI is InChI=1S/C17H14N4S/c1-11-5-3-6-12(2)16(11)21-9-19-20-17(21)13-7-4-8-14-15(13)18-10-22-14/h3-10H,1-2H3. The van der Waals surface area contributed by atoms with E-state index in [0.29, 0.717) is 0 Å². The van der Waals surface area contributed by atoms with Gasteiger partial charge in [0.15, 0.2) is 5.82 Å². The molecule has 4 rings (SSSR count). The van der Waals surface area contributed by atoms with E-state index < -0.39 is 0 Å². The first kappa shape index (κ1) is 13.2. The van der Waals surface area contributed by atoms with Gasteiger partial charge in [-0.05, 0) is 37.1 Å². The molecule has 0 aliphatic carbocycles. The molecule has 0 saturated heterocycles. The van der Waals surface area contributed by atoms with E-state index >= 15 is 0 Å². The maximum absolute atomic E-state index is 4.49. The largest absolute Gasteiger partial charge is 0.281 e. The second kappa shape index (κ2) is 5.03. The number of thiazole rings is 1. The smallest absolute Gasteiger partial charge is 0.170 e. The summed E-state index contributed by atoms with van der Waals surface area (Å²) in [6, 6.07) is 12.5. The highest BCUT2D eigenvalue weighted by atomic mass is 32.1. The third kappa shape index (κ3) is 1.94. The van der Waals surface area contributed by atoms with E-state index in [4.69, 9.17) is 0 Å². The van der Waals surface area contributed by atoms with Gasteiger partial charge in [-0.3, -0.25) is 4.57 Å². The Morgan fingerprint density at radius 1 is 1.00 bits per heavy atom. The van der Waals surface area contributed by atoms with Crippen molar-refractivity contribution in [2.24, 2.45) is 0 Å². The average Bonchev–Trinajstić information content (AvgIpc) is 3.15. The summed E-state index contributed by atoms with van der Waals surface area (Å²) in [6.07, 6.45) is 1.77. The number of hydrogen-bond acceptors (Lipinski definition) is 4. The van der Waals surface area contributed by atoms with Gasteiger partial charge in [0.1, 0.15) is 6.33 Å². The highest BCUT2D eigenvalue weighted by Crippen LogP contribution is 2.31. The molecule has 0 aliphatic heterocycles. The first-order valence-electron chi connectivity index (χ1n) is 7.05. The maximum atomic E-state index is 4.49. The summed E-state index contributed by atoms with van der Waals surface area (Å²) in [5.74, 6) is 0.828. The number of benzene rings is 2. The third-order valence-electron chi connectivity index (χ3n) is 3.83. The van der Waals surface area contributed by atoms with Crippen LogP contribution in [-0.4, -0.2) is 19.7 Å². The highest BCUT2D eigenvalue weighted by molar-refractivity contribution is 7.16. The molecule has 0 saturated carbocycles. The number of aryl methyl sites for hydroxylation is 2. The fraction of sp³-hybridized carbons (Fsp3) is 0.118. The Hall–Kier alpha value is -2.53. The number of nitrogens with zero attached hydrogens (tertiary/aromatic N) is 4. The minimum absolute atomic E-state index is 0.828. The lowest BCUT2D eigenvalue weighted by Crippen LogP contribution is -2.01. The molecule has 0 aliphatic rings. The van der Waals surface area contributed by atoms with Gasteiger partial charge in [-0.25, -0.2) is 4.98 Å². The van der Waals surface area contributed by atoms with E-state index in [1.54, 1.807) is 17.7 Å². The van der Waals surface area contributed by atoms with E-state index in [9.17, 15) is 0 Å². The van der Waals surface area contributed by atoms with Crippen molar-refractivity contribution in [3.63, 3.8) is 0 Å². The molecule has 4 aromatic rings. The second-order valence-electron chi connectivity index (χ2n) is 5.27. The summed E-state index contributed by atoms with van der Waals surface area (Å²) in [6.45, 7) is 4.21. The number of para-hydroxylation sites is 2. The van der Waals surface area contributed by atoms with Gasteiger partial charge in [0, 0.05) is 5.56 Å². The number of rotatable bonds is 2. The molecule has 5 heteroatoms. The quantitative estimate of drug-likeness (QED) is 0.558. The predicted molar refractivity (Wildman–Crippen MR) is 89.4 cm³/mol. The summed E-state index contributed by atoms with van der Waals surface area (Å²) >= 11 is 1.64. The topological polar surface area (TPSA) is 43.6 Å². The Labute approximate surface area is 132 Å².